The molecule has 0 radical (unpaired) electrons. The van der Waals surface area contributed by atoms with Gasteiger partial charge in [-0.2, -0.15) is 0 Å². The Kier molecular flexibility index (Phi) is 7.56. The van der Waals surface area contributed by atoms with Crippen molar-refractivity contribution in [1.29, 1.82) is 0 Å². The quantitative estimate of drug-likeness (QED) is 0.156. The minimum atomic E-state index is 0.326. The molecule has 0 atom stereocenters. The fraction of sp³-hybridized carbons (Fsp3) is 0. The molecule has 3 nitrogen and oxygen atoms in total. The Labute approximate surface area is 341 Å². The second-order valence-corrected chi connectivity index (χ2v) is 17.2. The zero-order valence-electron chi connectivity index (χ0n) is 31.3. The molecular weight excluding hydrogens is 772 g/mol. The normalized spacial score (nSPS) is 11.8. The molecule has 9 aromatic carbocycles. The molecule has 0 aliphatic heterocycles. The van der Waals surface area contributed by atoms with Crippen LogP contribution in [0.3, 0.4) is 0 Å². The fourth-order valence-electron chi connectivity index (χ4n) is 8.82. The van der Waals surface area contributed by atoms with Gasteiger partial charge < -0.3 is 4.57 Å². The molecule has 0 amide bonds. The predicted molar refractivity (Wildman–Crippen MR) is 246 cm³/mol. The molecule has 12 rings (SSSR count). The molecule has 58 heavy (non-hydrogen) atoms. The molecule has 0 saturated heterocycles. The van der Waals surface area contributed by atoms with Gasteiger partial charge in [0.05, 0.1) is 11.0 Å². The van der Waals surface area contributed by atoms with Crippen molar-refractivity contribution in [2.75, 3.05) is 4.90 Å². The molecule has 3 aromatic heterocycles. The number of fused-ring (bicyclic) bond motifs is 9. The monoisotopic (exact) mass is 806 g/mol. The Hall–Kier alpha value is -7.10. The van der Waals surface area contributed by atoms with Crippen LogP contribution >= 0.6 is 0 Å². The first-order chi connectivity index (χ1) is 28.7. The summed E-state index contributed by atoms with van der Waals surface area (Å²) in [7, 11) is 0. The average Bonchev–Trinajstić information content (AvgIpc) is 3.96. The molecule has 0 N–H and O–H groups in total. The summed E-state index contributed by atoms with van der Waals surface area (Å²) < 4.78 is 11.7. The summed E-state index contributed by atoms with van der Waals surface area (Å²) in [6, 6.07) is 74.8. The minimum absolute atomic E-state index is 0.326. The van der Waals surface area contributed by atoms with Crippen LogP contribution in [-0.2, 0) is 0 Å². The summed E-state index contributed by atoms with van der Waals surface area (Å²) in [4.78, 5) is 2.33. The van der Waals surface area contributed by atoms with Crippen LogP contribution in [0.15, 0.2) is 211 Å². The van der Waals surface area contributed by atoms with E-state index in [4.69, 9.17) is 4.42 Å². The third-order valence-corrected chi connectivity index (χ3v) is 14.0. The van der Waals surface area contributed by atoms with E-state index in [1.807, 2.05) is 12.1 Å². The van der Waals surface area contributed by atoms with E-state index in [1.165, 1.54) is 69.0 Å². The van der Waals surface area contributed by atoms with E-state index in [2.05, 4.69) is 204 Å². The van der Waals surface area contributed by atoms with Gasteiger partial charge in [0.2, 0.25) is 0 Å². The van der Waals surface area contributed by atoms with Crippen molar-refractivity contribution in [3.63, 3.8) is 0 Å². The number of aromatic nitrogens is 1. The third-order valence-electron chi connectivity index (χ3n) is 11.6. The van der Waals surface area contributed by atoms with Gasteiger partial charge in [-0.05, 0) is 42.0 Å². The largest absolute Gasteiger partial charge is 0.0602 e. The number of nitrogens with zero attached hydrogens (tertiary/aromatic N) is 2. The van der Waals surface area contributed by atoms with Gasteiger partial charge in [-0.1, -0.05) is 60.7 Å². The minimum Gasteiger partial charge on any atom is -0.0602 e. The molecule has 3 heterocycles. The Bertz CT molecular complexity index is 3500. The van der Waals surface area contributed by atoms with Gasteiger partial charge in [-0.25, -0.2) is 0 Å². The number of hydrogen-bond donors (Lipinski definition) is 0. The molecule has 0 bridgehead atoms. The summed E-state index contributed by atoms with van der Waals surface area (Å²) in [6.07, 6.45) is 0. The zero-order chi connectivity index (χ0) is 38.2. The van der Waals surface area contributed by atoms with E-state index in [9.17, 15) is 0 Å². The third kappa shape index (κ3) is 5.34. The molecule has 0 saturated carbocycles. The molecule has 12 aromatic rings. The van der Waals surface area contributed by atoms with Crippen molar-refractivity contribution in [3.8, 4) is 27.9 Å². The molecule has 0 aliphatic carbocycles. The van der Waals surface area contributed by atoms with Gasteiger partial charge in [-0.3, -0.25) is 0 Å². The number of benzene rings is 9. The number of rotatable bonds is 6. The summed E-state index contributed by atoms with van der Waals surface area (Å²) in [5, 5.41) is 7.52. The Morgan fingerprint density at radius 1 is 0.345 bits per heavy atom. The maximum Gasteiger partial charge on any atom is 0.0541 e. The second-order valence-electron chi connectivity index (χ2n) is 14.9. The molecular formula is C54H34N2OSe. The van der Waals surface area contributed by atoms with Crippen LogP contribution in [0.25, 0.3) is 91.0 Å². The molecule has 0 fully saturated rings. The van der Waals surface area contributed by atoms with Gasteiger partial charge >= 0.3 is 197 Å². The van der Waals surface area contributed by atoms with Crippen molar-refractivity contribution in [2.45, 2.75) is 0 Å². The van der Waals surface area contributed by atoms with Crippen LogP contribution in [0.4, 0.5) is 17.1 Å². The first-order valence-corrected chi connectivity index (χ1v) is 21.4. The SMILES string of the molecule is c1ccc(-n2c3ccccc3c3cc(-c4ccc(N(c5ccc(-c6ccc7c(c6)[se]c6ccccc67)cc5)c5ccc6c(c5)oc5ccccc56)cc4)ccc32)cc1. The number of furan rings is 1. The summed E-state index contributed by atoms with van der Waals surface area (Å²) in [6.45, 7) is 0. The molecule has 0 aliphatic rings. The van der Waals surface area contributed by atoms with Crippen LogP contribution < -0.4 is 4.90 Å². The second kappa shape index (κ2) is 13.2. The van der Waals surface area contributed by atoms with E-state index in [0.717, 1.165) is 39.0 Å². The van der Waals surface area contributed by atoms with E-state index in [1.54, 1.807) is 0 Å². The summed E-state index contributed by atoms with van der Waals surface area (Å²) in [5.74, 6) is 0. The van der Waals surface area contributed by atoms with Crippen molar-refractivity contribution >= 4 is 94.6 Å². The van der Waals surface area contributed by atoms with Crippen LogP contribution in [0.5, 0.6) is 0 Å². The van der Waals surface area contributed by atoms with Crippen molar-refractivity contribution < 1.29 is 4.42 Å². The molecule has 0 unspecified atom stereocenters. The zero-order valence-corrected chi connectivity index (χ0v) is 33.1. The summed E-state index contributed by atoms with van der Waals surface area (Å²) >= 11 is 0.326. The maximum absolute atomic E-state index is 6.40. The van der Waals surface area contributed by atoms with Crippen LogP contribution in [0.2, 0.25) is 0 Å². The topological polar surface area (TPSA) is 21.3 Å². The number of para-hydroxylation sites is 3. The molecule has 4 heteroatoms. The van der Waals surface area contributed by atoms with Gasteiger partial charge in [0.25, 0.3) is 0 Å². The van der Waals surface area contributed by atoms with Crippen molar-refractivity contribution in [1.82, 2.24) is 4.57 Å². The predicted octanol–water partition coefficient (Wildman–Crippen LogP) is 14.9. The van der Waals surface area contributed by atoms with Gasteiger partial charge in [0.15, 0.2) is 0 Å². The number of hydrogen-bond acceptors (Lipinski definition) is 2. The Morgan fingerprint density at radius 3 is 1.69 bits per heavy atom. The van der Waals surface area contributed by atoms with E-state index >= 15 is 0 Å². The fourth-order valence-corrected chi connectivity index (χ4v) is 11.2. The smallest absolute Gasteiger partial charge is 0.0541 e. The van der Waals surface area contributed by atoms with E-state index in [0.29, 0.717) is 14.5 Å². The van der Waals surface area contributed by atoms with Gasteiger partial charge in [0, 0.05) is 21.8 Å². The van der Waals surface area contributed by atoms with Gasteiger partial charge in [0.1, 0.15) is 5.58 Å². The number of anilines is 3. The average molecular weight is 806 g/mol. The first-order valence-electron chi connectivity index (χ1n) is 19.7. The standard InChI is InChI=1S/C54H34N2OSe/c1-2-10-39(11-3-1)56-49-15-7-4-12-43(49)48-32-37(23-31-50(48)56)35-18-24-40(25-19-35)55(42-28-30-45-44-13-5-8-16-51(44)57-52(45)34-42)41-26-20-36(21-27-41)38-22-29-47-46-14-6-9-17-53(46)58-54(47)33-38/h1-34H. The molecule has 272 valence electrons. The van der Waals surface area contributed by atoms with Crippen molar-refractivity contribution in [3.05, 3.63) is 206 Å². The van der Waals surface area contributed by atoms with Crippen molar-refractivity contribution in [2.24, 2.45) is 0 Å². The van der Waals surface area contributed by atoms with Crippen LogP contribution in [0.1, 0.15) is 0 Å². The van der Waals surface area contributed by atoms with E-state index < -0.39 is 0 Å². The van der Waals surface area contributed by atoms with Crippen LogP contribution in [-0.4, -0.2) is 19.1 Å². The first kappa shape index (κ1) is 33.1. The Morgan fingerprint density at radius 2 is 0.897 bits per heavy atom. The Balaban J connectivity index is 0.944. The summed E-state index contributed by atoms with van der Waals surface area (Å²) in [5.41, 5.74) is 13.4. The van der Waals surface area contributed by atoms with Crippen LogP contribution in [0, 0.1) is 0 Å². The molecule has 0 spiro atoms. The van der Waals surface area contributed by atoms with E-state index in [-0.39, 0.29) is 0 Å². The maximum atomic E-state index is 6.40. The van der Waals surface area contributed by atoms with Gasteiger partial charge in [-0.15, -0.1) is 0 Å².